The van der Waals surface area contributed by atoms with E-state index in [1.807, 2.05) is 11.8 Å². The molecule has 1 heterocycles. The normalized spacial score (nSPS) is 28.5. The van der Waals surface area contributed by atoms with Crippen molar-refractivity contribution >= 4 is 15.7 Å². The van der Waals surface area contributed by atoms with Crippen LogP contribution in [0.3, 0.4) is 0 Å². The summed E-state index contributed by atoms with van der Waals surface area (Å²) >= 11 is 0. The van der Waals surface area contributed by atoms with Crippen LogP contribution in [0, 0.1) is 5.92 Å². The van der Waals surface area contributed by atoms with Gasteiger partial charge in [-0.25, -0.2) is 8.42 Å². The average molecular weight is 302 g/mol. The smallest absolute Gasteiger partial charge is 0.241 e. The summed E-state index contributed by atoms with van der Waals surface area (Å²) < 4.78 is 22.5. The predicted molar refractivity (Wildman–Crippen MR) is 79.0 cm³/mol. The van der Waals surface area contributed by atoms with E-state index in [4.69, 9.17) is 0 Å². The molecule has 1 saturated heterocycles. The number of hydrogen-bond acceptors (Lipinski definition) is 4. The summed E-state index contributed by atoms with van der Waals surface area (Å²) in [6, 6.07) is -0.0844. The van der Waals surface area contributed by atoms with E-state index in [2.05, 4.69) is 5.32 Å². The Morgan fingerprint density at radius 2 is 1.95 bits per heavy atom. The zero-order chi connectivity index (χ0) is 14.8. The number of rotatable bonds is 6. The Morgan fingerprint density at radius 1 is 1.30 bits per heavy atom. The fourth-order valence-corrected chi connectivity index (χ4v) is 4.06. The lowest BCUT2D eigenvalue weighted by Gasteiger charge is -2.29. The molecule has 1 saturated carbocycles. The highest BCUT2D eigenvalue weighted by Crippen LogP contribution is 2.32. The molecule has 2 rings (SSSR count). The molecule has 2 fully saturated rings. The first-order chi connectivity index (χ1) is 9.42. The van der Waals surface area contributed by atoms with Gasteiger partial charge in [-0.05, 0) is 31.6 Å². The third kappa shape index (κ3) is 3.73. The van der Waals surface area contributed by atoms with Gasteiger partial charge in [0.1, 0.15) is 9.84 Å². The topological polar surface area (TPSA) is 66.5 Å². The molecule has 1 amide bonds. The quantitative estimate of drug-likeness (QED) is 0.799. The number of amides is 1. The van der Waals surface area contributed by atoms with Crippen LogP contribution < -0.4 is 5.32 Å². The van der Waals surface area contributed by atoms with Gasteiger partial charge in [0.25, 0.3) is 0 Å². The molecule has 1 aliphatic heterocycles. The van der Waals surface area contributed by atoms with Crippen LogP contribution in [0.15, 0.2) is 0 Å². The second kappa shape index (κ2) is 6.43. The third-order valence-electron chi connectivity index (χ3n) is 4.46. The number of carbonyl (C=O) groups is 1. The van der Waals surface area contributed by atoms with Crippen molar-refractivity contribution in [2.24, 2.45) is 5.92 Å². The molecule has 5 nitrogen and oxygen atoms in total. The second-order valence-electron chi connectivity index (χ2n) is 6.13. The van der Waals surface area contributed by atoms with E-state index in [-0.39, 0.29) is 23.9 Å². The van der Waals surface area contributed by atoms with Gasteiger partial charge in [-0.1, -0.05) is 19.8 Å². The van der Waals surface area contributed by atoms with Gasteiger partial charge in [0.2, 0.25) is 5.91 Å². The van der Waals surface area contributed by atoms with Crippen LogP contribution in [-0.2, 0) is 14.6 Å². The van der Waals surface area contributed by atoms with Gasteiger partial charge in [-0.15, -0.1) is 0 Å². The van der Waals surface area contributed by atoms with E-state index in [1.165, 1.54) is 31.9 Å². The van der Waals surface area contributed by atoms with Crippen molar-refractivity contribution in [3.8, 4) is 0 Å². The van der Waals surface area contributed by atoms with Gasteiger partial charge in [0.05, 0.1) is 18.0 Å². The highest BCUT2D eigenvalue weighted by atomic mass is 32.2. The molecule has 0 bridgehead atoms. The Hall–Kier alpha value is -0.620. The van der Waals surface area contributed by atoms with Crippen LogP contribution in [0.5, 0.6) is 0 Å². The lowest BCUT2D eigenvalue weighted by atomic mass is 10.0. The summed E-state index contributed by atoms with van der Waals surface area (Å²) in [7, 11) is -2.95. The molecule has 0 aromatic carbocycles. The molecule has 116 valence electrons. The summed E-state index contributed by atoms with van der Waals surface area (Å²) in [4.78, 5) is 14.3. The van der Waals surface area contributed by atoms with Crippen molar-refractivity contribution < 1.29 is 13.2 Å². The molecular formula is C14H26N2O3S. The fourth-order valence-electron chi connectivity index (χ4n) is 3.41. The van der Waals surface area contributed by atoms with Gasteiger partial charge in [0.15, 0.2) is 0 Å². The van der Waals surface area contributed by atoms with E-state index >= 15 is 0 Å². The minimum atomic E-state index is -2.95. The lowest BCUT2D eigenvalue weighted by molar-refractivity contribution is -0.130. The van der Waals surface area contributed by atoms with Gasteiger partial charge in [-0.2, -0.15) is 0 Å². The number of nitrogens with one attached hydrogen (secondary N) is 1. The third-order valence-corrected chi connectivity index (χ3v) is 5.49. The summed E-state index contributed by atoms with van der Waals surface area (Å²) in [5.41, 5.74) is 0. The van der Waals surface area contributed by atoms with Crippen LogP contribution in [0.1, 0.15) is 45.4 Å². The minimum Gasteiger partial charge on any atom is -0.325 e. The van der Waals surface area contributed by atoms with Crippen LogP contribution in [0.25, 0.3) is 0 Å². The Bertz CT molecular complexity index is 443. The maximum absolute atomic E-state index is 12.4. The molecule has 1 N–H and O–H groups in total. The molecule has 1 aliphatic carbocycles. The van der Waals surface area contributed by atoms with Crippen molar-refractivity contribution in [3.05, 3.63) is 0 Å². The summed E-state index contributed by atoms with van der Waals surface area (Å²) in [6.07, 6.45) is 7.52. The largest absolute Gasteiger partial charge is 0.325 e. The first-order valence-corrected chi connectivity index (χ1v) is 9.72. The Labute approximate surface area is 122 Å². The molecule has 0 spiro atoms. The Morgan fingerprint density at radius 3 is 2.50 bits per heavy atom. The number of sulfone groups is 1. The Balaban J connectivity index is 1.99. The molecule has 0 radical (unpaired) electrons. The lowest BCUT2D eigenvalue weighted by Crippen LogP contribution is -2.43. The van der Waals surface area contributed by atoms with Gasteiger partial charge >= 0.3 is 0 Å². The van der Waals surface area contributed by atoms with E-state index in [9.17, 15) is 13.2 Å². The van der Waals surface area contributed by atoms with Crippen LogP contribution >= 0.6 is 0 Å². The maximum Gasteiger partial charge on any atom is 0.241 e. The highest BCUT2D eigenvalue weighted by molar-refractivity contribution is 7.90. The summed E-state index contributed by atoms with van der Waals surface area (Å²) in [6.45, 7) is 2.57. The highest BCUT2D eigenvalue weighted by Gasteiger charge is 2.41. The number of nitrogens with zero attached hydrogens (tertiary/aromatic N) is 1. The number of carbonyl (C=O) groups excluding carboxylic acids is 1. The molecular weight excluding hydrogens is 276 g/mol. The maximum atomic E-state index is 12.4. The monoisotopic (exact) mass is 302 g/mol. The number of hydrogen-bond donors (Lipinski definition) is 1. The van der Waals surface area contributed by atoms with E-state index in [0.29, 0.717) is 18.9 Å². The zero-order valence-corrected chi connectivity index (χ0v) is 13.3. The van der Waals surface area contributed by atoms with Crippen LogP contribution in [0.4, 0.5) is 0 Å². The first-order valence-electron chi connectivity index (χ1n) is 7.66. The van der Waals surface area contributed by atoms with E-state index < -0.39 is 9.84 Å². The first kappa shape index (κ1) is 15.8. The van der Waals surface area contributed by atoms with Crippen molar-refractivity contribution in [2.75, 3.05) is 18.6 Å². The fraction of sp³-hybridized carbons (Fsp3) is 0.929. The van der Waals surface area contributed by atoms with Gasteiger partial charge < -0.3 is 4.90 Å². The van der Waals surface area contributed by atoms with Crippen molar-refractivity contribution in [3.63, 3.8) is 0 Å². The van der Waals surface area contributed by atoms with Gasteiger partial charge in [-0.3, -0.25) is 10.1 Å². The molecule has 0 aromatic rings. The Kier molecular flexibility index (Phi) is 5.07. The van der Waals surface area contributed by atoms with Crippen molar-refractivity contribution in [1.82, 2.24) is 10.2 Å². The standard InChI is InChI=1S/C14H26N2O3S/c1-3-12-14(17)16(9-6-10-20(2,18)19)13(15-12)11-7-4-5-8-11/h11-13,15H,3-10H2,1-2H3. The summed E-state index contributed by atoms with van der Waals surface area (Å²) in [5.74, 6) is 0.844. The minimum absolute atomic E-state index is 0.0844. The zero-order valence-electron chi connectivity index (χ0n) is 12.5. The van der Waals surface area contributed by atoms with Crippen LogP contribution in [-0.4, -0.2) is 50.0 Å². The van der Waals surface area contributed by atoms with Crippen molar-refractivity contribution in [2.45, 2.75) is 57.7 Å². The molecule has 2 aliphatic rings. The second-order valence-corrected chi connectivity index (χ2v) is 8.39. The molecule has 2 unspecified atom stereocenters. The van der Waals surface area contributed by atoms with E-state index in [0.717, 1.165) is 6.42 Å². The molecule has 2 atom stereocenters. The SMILES string of the molecule is CCC1NC(C2CCCC2)N(CCCS(C)(=O)=O)C1=O. The predicted octanol–water partition coefficient (Wildman–Crippen LogP) is 1.15. The van der Waals surface area contributed by atoms with E-state index in [1.54, 1.807) is 0 Å². The van der Waals surface area contributed by atoms with Crippen molar-refractivity contribution in [1.29, 1.82) is 0 Å². The molecule has 6 heteroatoms. The van der Waals surface area contributed by atoms with Crippen LogP contribution in [0.2, 0.25) is 0 Å². The molecule has 0 aromatic heterocycles. The molecule has 20 heavy (non-hydrogen) atoms. The average Bonchev–Trinajstić information content (AvgIpc) is 2.97. The van der Waals surface area contributed by atoms with Gasteiger partial charge in [0, 0.05) is 12.8 Å². The summed E-state index contributed by atoms with van der Waals surface area (Å²) in [5, 5.41) is 3.46.